The molecule has 1 amide bonds. The van der Waals surface area contributed by atoms with Crippen LogP contribution in [0, 0.1) is 11.8 Å². The van der Waals surface area contributed by atoms with Gasteiger partial charge in [-0.05, 0) is 56.4 Å². The first-order valence-electron chi connectivity index (χ1n) is 10.4. The molecule has 1 fully saturated rings. The lowest BCUT2D eigenvalue weighted by Crippen LogP contribution is -2.44. The second kappa shape index (κ2) is 9.65. The number of thioether (sulfide) groups is 1. The van der Waals surface area contributed by atoms with Crippen molar-refractivity contribution in [2.24, 2.45) is 11.8 Å². The van der Waals surface area contributed by atoms with Crippen LogP contribution in [0.1, 0.15) is 53.0 Å². The summed E-state index contributed by atoms with van der Waals surface area (Å²) in [6.45, 7) is 8.74. The lowest BCUT2D eigenvalue weighted by molar-refractivity contribution is -0.120. The summed E-state index contributed by atoms with van der Waals surface area (Å²) in [6.07, 6.45) is 3.52. The van der Waals surface area contributed by atoms with Gasteiger partial charge in [-0.3, -0.25) is 9.36 Å². The molecule has 0 aliphatic heterocycles. The third-order valence-corrected chi connectivity index (χ3v) is 6.86. The van der Waals surface area contributed by atoms with Crippen LogP contribution in [0.4, 0.5) is 0 Å². The molecule has 0 saturated heterocycles. The fourth-order valence-electron chi connectivity index (χ4n) is 3.94. The summed E-state index contributed by atoms with van der Waals surface area (Å²) in [6, 6.07) is 8.27. The summed E-state index contributed by atoms with van der Waals surface area (Å²) in [7, 11) is 1.65. The molecule has 2 aromatic rings. The maximum absolute atomic E-state index is 12.6. The fraction of sp³-hybridized carbons (Fsp3) is 0.591. The minimum atomic E-state index is 0.0743. The Morgan fingerprint density at radius 1 is 1.24 bits per heavy atom. The van der Waals surface area contributed by atoms with Crippen molar-refractivity contribution in [3.05, 3.63) is 24.3 Å². The highest BCUT2D eigenvalue weighted by atomic mass is 32.2. The number of methoxy groups -OCH3 is 1. The zero-order valence-electron chi connectivity index (χ0n) is 18.0. The van der Waals surface area contributed by atoms with Crippen LogP contribution >= 0.6 is 11.8 Å². The molecule has 1 saturated carbocycles. The summed E-state index contributed by atoms with van der Waals surface area (Å²) in [5, 5.41) is 12.8. The number of amides is 1. The maximum Gasteiger partial charge on any atom is 0.230 e. The van der Waals surface area contributed by atoms with E-state index in [1.54, 1.807) is 7.11 Å². The lowest BCUT2D eigenvalue weighted by atomic mass is 9.78. The number of nitrogens with one attached hydrogen (secondary N) is 1. The first-order chi connectivity index (χ1) is 13.9. The fourth-order valence-corrected chi connectivity index (χ4v) is 4.82. The Morgan fingerprint density at radius 2 is 1.97 bits per heavy atom. The Morgan fingerprint density at radius 3 is 2.62 bits per heavy atom. The minimum absolute atomic E-state index is 0.0743. The molecule has 1 aromatic heterocycles. The average molecular weight is 417 g/mol. The van der Waals surface area contributed by atoms with Crippen LogP contribution in [0.5, 0.6) is 5.75 Å². The molecule has 7 heteroatoms. The standard InChI is InChI=1S/C22H32N4O2S/c1-14(2)26-21(17-9-11-18(28-5)12-10-17)24-25-22(26)29-13-20(27)23-19-8-6-7-15(3)16(19)4/h9-12,14-16,19H,6-8,13H2,1-5H3,(H,23,27)/t15-,16+,19+/m0/s1. The Labute approximate surface area is 177 Å². The SMILES string of the molecule is COc1ccc(-c2nnc(SCC(=O)N[C@@H]3CCC[C@H](C)[C@H]3C)n2C(C)C)cc1. The number of carbonyl (C=O) groups is 1. The average Bonchev–Trinajstić information content (AvgIpc) is 3.14. The van der Waals surface area contributed by atoms with Gasteiger partial charge in [0.05, 0.1) is 12.9 Å². The molecule has 29 heavy (non-hydrogen) atoms. The third kappa shape index (κ3) is 5.13. The quantitative estimate of drug-likeness (QED) is 0.670. The molecule has 158 valence electrons. The summed E-state index contributed by atoms with van der Waals surface area (Å²) < 4.78 is 7.33. The molecule has 1 heterocycles. The largest absolute Gasteiger partial charge is 0.497 e. The number of nitrogens with zero attached hydrogens (tertiary/aromatic N) is 3. The van der Waals surface area contributed by atoms with E-state index in [4.69, 9.17) is 4.74 Å². The number of hydrogen-bond acceptors (Lipinski definition) is 5. The van der Waals surface area contributed by atoms with Gasteiger partial charge in [-0.15, -0.1) is 10.2 Å². The number of aromatic nitrogens is 3. The van der Waals surface area contributed by atoms with E-state index in [-0.39, 0.29) is 18.0 Å². The molecule has 0 spiro atoms. The second-order valence-corrected chi connectivity index (χ2v) is 9.17. The van der Waals surface area contributed by atoms with E-state index in [9.17, 15) is 4.79 Å². The third-order valence-electron chi connectivity index (χ3n) is 5.91. The van der Waals surface area contributed by atoms with Gasteiger partial charge in [0.1, 0.15) is 5.75 Å². The molecule has 3 atom stereocenters. The van der Waals surface area contributed by atoms with Crippen LogP contribution < -0.4 is 10.1 Å². The topological polar surface area (TPSA) is 69.0 Å². The molecular formula is C22H32N4O2S. The van der Waals surface area contributed by atoms with Gasteiger partial charge in [0.2, 0.25) is 5.91 Å². The van der Waals surface area contributed by atoms with Crippen LogP contribution in [-0.2, 0) is 4.79 Å². The van der Waals surface area contributed by atoms with Crippen molar-refractivity contribution >= 4 is 17.7 Å². The van der Waals surface area contributed by atoms with Crippen LogP contribution in [0.25, 0.3) is 11.4 Å². The maximum atomic E-state index is 12.6. The van der Waals surface area contributed by atoms with Gasteiger partial charge in [0, 0.05) is 17.6 Å². The van der Waals surface area contributed by atoms with Crippen LogP contribution in [0.3, 0.4) is 0 Å². The van der Waals surface area contributed by atoms with Crippen molar-refractivity contribution in [1.82, 2.24) is 20.1 Å². The smallest absolute Gasteiger partial charge is 0.230 e. The van der Waals surface area contributed by atoms with Crippen molar-refractivity contribution in [2.45, 2.75) is 64.2 Å². The van der Waals surface area contributed by atoms with Gasteiger partial charge in [0.15, 0.2) is 11.0 Å². The highest BCUT2D eigenvalue weighted by molar-refractivity contribution is 7.99. The van der Waals surface area contributed by atoms with E-state index < -0.39 is 0 Å². The number of carbonyl (C=O) groups excluding carboxylic acids is 1. The van der Waals surface area contributed by atoms with Gasteiger partial charge >= 0.3 is 0 Å². The van der Waals surface area contributed by atoms with E-state index in [1.165, 1.54) is 24.6 Å². The van der Waals surface area contributed by atoms with Gasteiger partial charge in [0.25, 0.3) is 0 Å². The predicted molar refractivity (Wildman–Crippen MR) is 117 cm³/mol. The Bertz CT molecular complexity index is 819. The number of hydrogen-bond donors (Lipinski definition) is 1. The Kier molecular flexibility index (Phi) is 7.22. The summed E-state index contributed by atoms with van der Waals surface area (Å²) in [5.74, 6) is 3.23. The van der Waals surface area contributed by atoms with Crippen molar-refractivity contribution in [3.8, 4) is 17.1 Å². The first-order valence-corrected chi connectivity index (χ1v) is 11.4. The summed E-state index contributed by atoms with van der Waals surface area (Å²) >= 11 is 1.45. The number of rotatable bonds is 7. The Hall–Kier alpha value is -2.02. The predicted octanol–water partition coefficient (Wildman–Crippen LogP) is 4.57. The van der Waals surface area contributed by atoms with Crippen LogP contribution in [0.2, 0.25) is 0 Å². The lowest BCUT2D eigenvalue weighted by Gasteiger charge is -2.34. The molecule has 3 rings (SSSR count). The zero-order valence-corrected chi connectivity index (χ0v) is 18.8. The van der Waals surface area contributed by atoms with E-state index >= 15 is 0 Å². The van der Waals surface area contributed by atoms with Gasteiger partial charge in [-0.2, -0.15) is 0 Å². The first kappa shape index (κ1) is 21.7. The second-order valence-electron chi connectivity index (χ2n) is 8.23. The van der Waals surface area contributed by atoms with E-state index in [0.29, 0.717) is 17.6 Å². The van der Waals surface area contributed by atoms with Gasteiger partial charge in [-0.1, -0.05) is 38.5 Å². The number of benzene rings is 1. The van der Waals surface area contributed by atoms with Crippen molar-refractivity contribution in [1.29, 1.82) is 0 Å². The van der Waals surface area contributed by atoms with Gasteiger partial charge < -0.3 is 10.1 Å². The van der Waals surface area contributed by atoms with E-state index in [1.807, 2.05) is 24.3 Å². The molecule has 1 aromatic carbocycles. The van der Waals surface area contributed by atoms with Crippen molar-refractivity contribution in [2.75, 3.05) is 12.9 Å². The molecule has 0 bridgehead atoms. The van der Waals surface area contributed by atoms with Crippen LogP contribution in [-0.4, -0.2) is 39.6 Å². The Balaban J connectivity index is 1.67. The van der Waals surface area contributed by atoms with Crippen LogP contribution in [0.15, 0.2) is 29.4 Å². The van der Waals surface area contributed by atoms with E-state index in [0.717, 1.165) is 28.7 Å². The molecule has 1 aliphatic rings. The van der Waals surface area contributed by atoms with E-state index in [2.05, 4.69) is 47.8 Å². The molecule has 6 nitrogen and oxygen atoms in total. The summed E-state index contributed by atoms with van der Waals surface area (Å²) in [4.78, 5) is 12.6. The molecule has 1 aliphatic carbocycles. The molecule has 0 radical (unpaired) electrons. The van der Waals surface area contributed by atoms with Crippen molar-refractivity contribution in [3.63, 3.8) is 0 Å². The molecule has 1 N–H and O–H groups in total. The monoisotopic (exact) mass is 416 g/mol. The summed E-state index contributed by atoms with van der Waals surface area (Å²) in [5.41, 5.74) is 0.980. The van der Waals surface area contributed by atoms with Gasteiger partial charge in [-0.25, -0.2) is 0 Å². The normalized spacial score (nSPS) is 21.9. The van der Waals surface area contributed by atoms with Crippen molar-refractivity contribution < 1.29 is 9.53 Å². The highest BCUT2D eigenvalue weighted by Gasteiger charge is 2.28. The number of ether oxygens (including phenoxy) is 1. The molecular weight excluding hydrogens is 384 g/mol. The zero-order chi connectivity index (χ0) is 21.0. The molecule has 0 unspecified atom stereocenters. The minimum Gasteiger partial charge on any atom is -0.497 e. The highest BCUT2D eigenvalue weighted by Crippen LogP contribution is 2.31.